The van der Waals surface area contributed by atoms with Gasteiger partial charge in [-0.25, -0.2) is 0 Å². The number of rotatable bonds is 8. The SMILES string of the molecule is COCCNCc1c(Cl)cccc1SCC1CCCC1. The highest BCUT2D eigenvalue weighted by Gasteiger charge is 2.16. The molecule has 1 N–H and O–H groups in total. The van der Waals surface area contributed by atoms with Crippen molar-refractivity contribution in [2.45, 2.75) is 37.1 Å². The molecule has 4 heteroatoms. The van der Waals surface area contributed by atoms with Gasteiger partial charge >= 0.3 is 0 Å². The van der Waals surface area contributed by atoms with Crippen molar-refractivity contribution in [3.05, 3.63) is 28.8 Å². The normalized spacial score (nSPS) is 15.9. The van der Waals surface area contributed by atoms with Crippen molar-refractivity contribution >= 4 is 23.4 Å². The van der Waals surface area contributed by atoms with Gasteiger partial charge in [0, 0.05) is 35.9 Å². The third kappa shape index (κ3) is 4.96. The Morgan fingerprint density at radius 1 is 1.35 bits per heavy atom. The molecule has 1 aliphatic rings. The molecule has 1 saturated carbocycles. The molecule has 1 aliphatic carbocycles. The van der Waals surface area contributed by atoms with Gasteiger partial charge in [0.15, 0.2) is 0 Å². The maximum Gasteiger partial charge on any atom is 0.0587 e. The average molecular weight is 314 g/mol. The third-order valence-electron chi connectivity index (χ3n) is 3.81. The first-order valence-electron chi connectivity index (χ1n) is 7.41. The Hall–Kier alpha value is -0.220. The smallest absolute Gasteiger partial charge is 0.0587 e. The second-order valence-electron chi connectivity index (χ2n) is 5.35. The van der Waals surface area contributed by atoms with E-state index in [0.29, 0.717) is 0 Å². The minimum absolute atomic E-state index is 0.731. The van der Waals surface area contributed by atoms with Gasteiger partial charge in [-0.2, -0.15) is 0 Å². The highest BCUT2D eigenvalue weighted by Crippen LogP contribution is 2.34. The summed E-state index contributed by atoms with van der Waals surface area (Å²) in [6.07, 6.45) is 5.61. The standard InChI is InChI=1S/C16H24ClNOS/c1-19-10-9-18-11-14-15(17)7-4-8-16(14)20-12-13-5-2-3-6-13/h4,7-8,13,18H,2-3,5-6,9-12H2,1H3. The zero-order chi connectivity index (χ0) is 14.2. The predicted octanol–water partition coefficient (Wildman–Crippen LogP) is 4.36. The molecule has 0 saturated heterocycles. The van der Waals surface area contributed by atoms with Crippen molar-refractivity contribution in [1.82, 2.24) is 5.32 Å². The second-order valence-corrected chi connectivity index (χ2v) is 6.82. The molecule has 1 aromatic rings. The van der Waals surface area contributed by atoms with E-state index >= 15 is 0 Å². The summed E-state index contributed by atoms with van der Waals surface area (Å²) in [4.78, 5) is 1.33. The topological polar surface area (TPSA) is 21.3 Å². The summed E-state index contributed by atoms with van der Waals surface area (Å²) in [5.74, 6) is 2.12. The van der Waals surface area contributed by atoms with Gasteiger partial charge in [0.25, 0.3) is 0 Å². The maximum absolute atomic E-state index is 6.35. The van der Waals surface area contributed by atoms with E-state index in [4.69, 9.17) is 16.3 Å². The lowest BCUT2D eigenvalue weighted by Crippen LogP contribution is -2.19. The van der Waals surface area contributed by atoms with E-state index in [1.54, 1.807) is 7.11 Å². The molecule has 0 unspecified atom stereocenters. The fourth-order valence-corrected chi connectivity index (χ4v) is 4.20. The van der Waals surface area contributed by atoms with Gasteiger partial charge in [-0.3, -0.25) is 0 Å². The van der Waals surface area contributed by atoms with Crippen molar-refractivity contribution < 1.29 is 4.74 Å². The summed E-state index contributed by atoms with van der Waals surface area (Å²) >= 11 is 8.32. The lowest BCUT2D eigenvalue weighted by atomic mass is 10.1. The summed E-state index contributed by atoms with van der Waals surface area (Å²) in [5.41, 5.74) is 1.23. The molecule has 112 valence electrons. The third-order valence-corrected chi connectivity index (χ3v) is 5.50. The van der Waals surface area contributed by atoms with Gasteiger partial charge in [-0.05, 0) is 36.5 Å². The minimum atomic E-state index is 0.731. The van der Waals surface area contributed by atoms with Gasteiger partial charge in [0.1, 0.15) is 0 Å². The van der Waals surface area contributed by atoms with Crippen LogP contribution in [0.25, 0.3) is 0 Å². The molecule has 1 aromatic carbocycles. The number of benzene rings is 1. The van der Waals surface area contributed by atoms with Gasteiger partial charge in [-0.1, -0.05) is 30.5 Å². The molecule has 0 spiro atoms. The Morgan fingerprint density at radius 3 is 2.90 bits per heavy atom. The van der Waals surface area contributed by atoms with Gasteiger partial charge < -0.3 is 10.1 Å². The Labute approximate surface area is 131 Å². The van der Waals surface area contributed by atoms with Crippen LogP contribution in [0.1, 0.15) is 31.2 Å². The van der Waals surface area contributed by atoms with Crippen molar-refractivity contribution in [2.24, 2.45) is 5.92 Å². The van der Waals surface area contributed by atoms with Crippen LogP contribution < -0.4 is 5.32 Å². The maximum atomic E-state index is 6.35. The van der Waals surface area contributed by atoms with Crippen LogP contribution in [0.4, 0.5) is 0 Å². The zero-order valence-corrected chi connectivity index (χ0v) is 13.7. The van der Waals surface area contributed by atoms with Crippen LogP contribution in [0.3, 0.4) is 0 Å². The second kappa shape index (κ2) is 8.93. The van der Waals surface area contributed by atoms with E-state index in [-0.39, 0.29) is 0 Å². The molecule has 20 heavy (non-hydrogen) atoms. The van der Waals surface area contributed by atoms with Crippen LogP contribution in [-0.2, 0) is 11.3 Å². The Morgan fingerprint density at radius 2 is 2.15 bits per heavy atom. The summed E-state index contributed by atoms with van der Waals surface area (Å²) in [6, 6.07) is 6.23. The van der Waals surface area contributed by atoms with Crippen LogP contribution in [0.15, 0.2) is 23.1 Å². The molecule has 2 rings (SSSR count). The lowest BCUT2D eigenvalue weighted by Gasteiger charge is -2.14. The molecular weight excluding hydrogens is 290 g/mol. The highest BCUT2D eigenvalue weighted by molar-refractivity contribution is 7.99. The Balaban J connectivity index is 1.90. The first kappa shape index (κ1) is 16.2. The average Bonchev–Trinajstić information content (AvgIpc) is 2.96. The van der Waals surface area contributed by atoms with Crippen molar-refractivity contribution in [1.29, 1.82) is 0 Å². The quantitative estimate of drug-likeness (QED) is 0.569. The number of methoxy groups -OCH3 is 1. The largest absolute Gasteiger partial charge is 0.383 e. The summed E-state index contributed by atoms with van der Waals surface area (Å²) in [6.45, 7) is 2.40. The first-order chi connectivity index (χ1) is 9.81. The molecule has 0 aliphatic heterocycles. The fraction of sp³-hybridized carbons (Fsp3) is 0.625. The van der Waals surface area contributed by atoms with E-state index in [0.717, 1.165) is 30.6 Å². The lowest BCUT2D eigenvalue weighted by molar-refractivity contribution is 0.199. The molecular formula is C16H24ClNOS. The molecule has 0 bridgehead atoms. The van der Waals surface area contributed by atoms with Crippen LogP contribution in [-0.4, -0.2) is 26.0 Å². The Kier molecular flexibility index (Phi) is 7.22. The number of nitrogens with one attached hydrogen (secondary N) is 1. The van der Waals surface area contributed by atoms with Crippen molar-refractivity contribution in [3.8, 4) is 0 Å². The van der Waals surface area contributed by atoms with Crippen molar-refractivity contribution in [3.63, 3.8) is 0 Å². The minimum Gasteiger partial charge on any atom is -0.383 e. The van der Waals surface area contributed by atoms with E-state index in [2.05, 4.69) is 17.4 Å². The fourth-order valence-electron chi connectivity index (χ4n) is 2.62. The van der Waals surface area contributed by atoms with E-state index < -0.39 is 0 Å². The highest BCUT2D eigenvalue weighted by atomic mass is 35.5. The van der Waals surface area contributed by atoms with Crippen LogP contribution in [0, 0.1) is 5.92 Å². The molecule has 0 atom stereocenters. The predicted molar refractivity (Wildman–Crippen MR) is 87.7 cm³/mol. The number of thioether (sulfide) groups is 1. The molecule has 2 nitrogen and oxygen atoms in total. The summed E-state index contributed by atoms with van der Waals surface area (Å²) in [7, 11) is 1.72. The van der Waals surface area contributed by atoms with E-state index in [1.165, 1.54) is 41.9 Å². The Bertz CT molecular complexity index is 407. The van der Waals surface area contributed by atoms with Crippen molar-refractivity contribution in [2.75, 3.05) is 26.0 Å². The number of ether oxygens (including phenoxy) is 1. The van der Waals surface area contributed by atoms with Crippen LogP contribution in [0.5, 0.6) is 0 Å². The van der Waals surface area contributed by atoms with E-state index in [1.807, 2.05) is 17.8 Å². The molecule has 0 amide bonds. The van der Waals surface area contributed by atoms with Gasteiger partial charge in [0.05, 0.1) is 6.61 Å². The monoisotopic (exact) mass is 313 g/mol. The van der Waals surface area contributed by atoms with Crippen LogP contribution >= 0.6 is 23.4 Å². The summed E-state index contributed by atoms with van der Waals surface area (Å²) in [5, 5.41) is 4.26. The number of hydrogen-bond donors (Lipinski definition) is 1. The van der Waals surface area contributed by atoms with Crippen LogP contribution in [0.2, 0.25) is 5.02 Å². The number of halogens is 1. The zero-order valence-electron chi connectivity index (χ0n) is 12.2. The molecule has 0 radical (unpaired) electrons. The first-order valence-corrected chi connectivity index (χ1v) is 8.77. The summed E-state index contributed by atoms with van der Waals surface area (Å²) < 4.78 is 5.05. The molecule has 1 fully saturated rings. The van der Waals surface area contributed by atoms with Gasteiger partial charge in [0.2, 0.25) is 0 Å². The van der Waals surface area contributed by atoms with E-state index in [9.17, 15) is 0 Å². The molecule has 0 aromatic heterocycles. The van der Waals surface area contributed by atoms with Gasteiger partial charge in [-0.15, -0.1) is 11.8 Å². The number of hydrogen-bond acceptors (Lipinski definition) is 3. The molecule has 0 heterocycles.